The van der Waals surface area contributed by atoms with Gasteiger partial charge in [-0.25, -0.2) is 4.39 Å². The third kappa shape index (κ3) is 3.52. The molecule has 142 valence electrons. The second kappa shape index (κ2) is 7.65. The second-order valence-corrected chi connectivity index (χ2v) is 6.15. The van der Waals surface area contributed by atoms with Crippen molar-refractivity contribution < 1.29 is 14.3 Å². The van der Waals surface area contributed by atoms with Crippen LogP contribution in [0.4, 0.5) is 4.39 Å². The molecule has 0 unspecified atom stereocenters. The fraction of sp³-hybridized carbons (Fsp3) is 0.211. The minimum Gasteiger partial charge on any atom is -0.393 e. The number of nitrogens with zero attached hydrogens (tertiary/aromatic N) is 6. The third-order valence-corrected chi connectivity index (χ3v) is 4.20. The minimum atomic E-state index is -0.353. The van der Waals surface area contributed by atoms with Crippen molar-refractivity contribution in [3.63, 3.8) is 0 Å². The summed E-state index contributed by atoms with van der Waals surface area (Å²) in [5.41, 5.74) is 2.74. The van der Waals surface area contributed by atoms with E-state index in [0.717, 1.165) is 5.39 Å². The topological polar surface area (TPSA) is 97.8 Å². The van der Waals surface area contributed by atoms with Crippen molar-refractivity contribution in [3.8, 4) is 0 Å². The van der Waals surface area contributed by atoms with E-state index >= 15 is 0 Å². The first-order chi connectivity index (χ1) is 13.7. The maximum absolute atomic E-state index is 14.5. The highest BCUT2D eigenvalue weighted by Crippen LogP contribution is 2.20. The van der Waals surface area contributed by atoms with Gasteiger partial charge in [0.1, 0.15) is 23.8 Å². The monoisotopic (exact) mass is 380 g/mol. The van der Waals surface area contributed by atoms with Crippen molar-refractivity contribution in [1.29, 1.82) is 0 Å². The molecule has 1 aromatic carbocycles. The van der Waals surface area contributed by atoms with Crippen molar-refractivity contribution >= 4 is 22.3 Å². The van der Waals surface area contributed by atoms with E-state index in [9.17, 15) is 4.39 Å². The molecule has 4 aromatic rings. The number of benzene rings is 1. The van der Waals surface area contributed by atoms with Crippen LogP contribution in [-0.2, 0) is 11.3 Å². The Balaban J connectivity index is 1.68. The molecule has 3 heterocycles. The Morgan fingerprint density at radius 1 is 1.25 bits per heavy atom. The minimum absolute atomic E-state index is 0.105. The molecule has 0 radical (unpaired) electrons. The number of pyridine rings is 1. The fourth-order valence-corrected chi connectivity index (χ4v) is 2.81. The van der Waals surface area contributed by atoms with Gasteiger partial charge in [-0.3, -0.25) is 4.98 Å². The largest absolute Gasteiger partial charge is 0.393 e. The quantitative estimate of drug-likeness (QED) is 0.313. The van der Waals surface area contributed by atoms with Crippen molar-refractivity contribution in [2.24, 2.45) is 5.16 Å². The summed E-state index contributed by atoms with van der Waals surface area (Å²) in [6.45, 7) is 1.73. The lowest BCUT2D eigenvalue weighted by molar-refractivity contribution is 0.0986. The van der Waals surface area contributed by atoms with Crippen LogP contribution >= 0.6 is 0 Å². The molecular formula is C19H17FN6O2. The average molecular weight is 380 g/mol. The number of oxime groups is 1. The van der Waals surface area contributed by atoms with Gasteiger partial charge >= 0.3 is 0 Å². The lowest BCUT2D eigenvalue weighted by Gasteiger charge is -2.05. The van der Waals surface area contributed by atoms with Crippen molar-refractivity contribution in [2.75, 3.05) is 13.2 Å². The fourth-order valence-electron chi connectivity index (χ4n) is 2.81. The van der Waals surface area contributed by atoms with Crippen LogP contribution in [0.2, 0.25) is 0 Å². The predicted octanol–water partition coefficient (Wildman–Crippen LogP) is 2.14. The average Bonchev–Trinajstić information content (AvgIpc) is 3.10. The van der Waals surface area contributed by atoms with Gasteiger partial charge in [0.25, 0.3) is 0 Å². The standard InChI is InChI=1S/C19H17FN6O2/c1-12(25-28-8-7-27)16-4-5-18-22-23-19(26(18)24-16)10-14-9-13-3-2-6-21-17(13)11-15(14)20/h2-6,9,11,27H,7-8,10H2,1H3/b25-12+. The van der Waals surface area contributed by atoms with E-state index in [4.69, 9.17) is 9.94 Å². The number of aliphatic hydroxyl groups is 1. The van der Waals surface area contributed by atoms with Crippen LogP contribution in [0, 0.1) is 5.82 Å². The molecular weight excluding hydrogens is 363 g/mol. The molecule has 1 N–H and O–H groups in total. The van der Waals surface area contributed by atoms with Crippen LogP contribution in [0.25, 0.3) is 16.6 Å². The number of aliphatic hydroxyl groups excluding tert-OH is 1. The van der Waals surface area contributed by atoms with E-state index in [2.05, 4.69) is 25.4 Å². The lowest BCUT2D eigenvalue weighted by atomic mass is 10.1. The van der Waals surface area contributed by atoms with Crippen LogP contribution in [0.5, 0.6) is 0 Å². The summed E-state index contributed by atoms with van der Waals surface area (Å²) < 4.78 is 16.1. The summed E-state index contributed by atoms with van der Waals surface area (Å²) in [5.74, 6) is 0.150. The Morgan fingerprint density at radius 2 is 2.14 bits per heavy atom. The molecule has 0 spiro atoms. The first-order valence-corrected chi connectivity index (χ1v) is 8.68. The Hall–Kier alpha value is -3.46. The van der Waals surface area contributed by atoms with Crippen LogP contribution in [0.3, 0.4) is 0 Å². The highest BCUT2D eigenvalue weighted by molar-refractivity contribution is 5.96. The predicted molar refractivity (Wildman–Crippen MR) is 101 cm³/mol. The maximum atomic E-state index is 14.5. The summed E-state index contributed by atoms with van der Waals surface area (Å²) in [6, 6.07) is 10.4. The summed E-state index contributed by atoms with van der Waals surface area (Å²) >= 11 is 0. The molecule has 0 saturated heterocycles. The van der Waals surface area contributed by atoms with E-state index in [1.165, 1.54) is 6.07 Å². The molecule has 0 aliphatic heterocycles. The summed E-state index contributed by atoms with van der Waals surface area (Å²) in [4.78, 5) is 9.14. The smallest absolute Gasteiger partial charge is 0.177 e. The Kier molecular flexibility index (Phi) is 4.90. The highest BCUT2D eigenvalue weighted by Gasteiger charge is 2.13. The Morgan fingerprint density at radius 3 is 3.00 bits per heavy atom. The van der Waals surface area contributed by atoms with E-state index in [1.807, 2.05) is 12.1 Å². The van der Waals surface area contributed by atoms with Gasteiger partial charge in [-0.15, -0.1) is 10.2 Å². The van der Waals surface area contributed by atoms with Crippen LogP contribution in [0.15, 0.2) is 47.8 Å². The normalized spacial score (nSPS) is 12.0. The molecule has 28 heavy (non-hydrogen) atoms. The SMILES string of the molecule is C/C(=N\OCCO)c1ccc2nnc(Cc3cc4cccnc4cc3F)n2n1. The van der Waals surface area contributed by atoms with Gasteiger partial charge in [-0.2, -0.15) is 9.61 Å². The molecule has 0 atom stereocenters. The Labute approximate surface area is 159 Å². The highest BCUT2D eigenvalue weighted by atomic mass is 19.1. The van der Waals surface area contributed by atoms with Gasteiger partial charge < -0.3 is 9.94 Å². The van der Waals surface area contributed by atoms with E-state index < -0.39 is 0 Å². The third-order valence-electron chi connectivity index (χ3n) is 4.20. The molecule has 0 bridgehead atoms. The van der Waals surface area contributed by atoms with Crippen LogP contribution in [0.1, 0.15) is 24.0 Å². The molecule has 0 aliphatic carbocycles. The van der Waals surface area contributed by atoms with Crippen molar-refractivity contribution in [1.82, 2.24) is 24.8 Å². The first kappa shape index (κ1) is 17.9. The van der Waals surface area contributed by atoms with Gasteiger partial charge in [-0.1, -0.05) is 11.2 Å². The van der Waals surface area contributed by atoms with E-state index in [-0.39, 0.29) is 25.5 Å². The number of hydrogen-bond acceptors (Lipinski definition) is 7. The molecule has 0 saturated carbocycles. The molecule has 4 rings (SSSR count). The second-order valence-electron chi connectivity index (χ2n) is 6.15. The number of rotatable bonds is 6. The lowest BCUT2D eigenvalue weighted by Crippen LogP contribution is -2.08. The number of halogens is 1. The molecule has 9 heteroatoms. The zero-order valence-corrected chi connectivity index (χ0v) is 15.1. The molecule has 0 fully saturated rings. The first-order valence-electron chi connectivity index (χ1n) is 8.68. The molecule has 8 nitrogen and oxygen atoms in total. The van der Waals surface area contributed by atoms with Gasteiger partial charge in [0.2, 0.25) is 0 Å². The number of aromatic nitrogens is 5. The van der Waals surface area contributed by atoms with Crippen molar-refractivity contribution in [3.05, 3.63) is 65.5 Å². The summed E-state index contributed by atoms with van der Waals surface area (Å²) in [7, 11) is 0. The molecule has 3 aromatic heterocycles. The van der Waals surface area contributed by atoms with E-state index in [1.54, 1.807) is 35.8 Å². The van der Waals surface area contributed by atoms with Gasteiger partial charge in [0, 0.05) is 24.1 Å². The molecule has 0 amide bonds. The maximum Gasteiger partial charge on any atom is 0.177 e. The van der Waals surface area contributed by atoms with Gasteiger partial charge in [-0.05, 0) is 36.8 Å². The summed E-state index contributed by atoms with van der Waals surface area (Å²) in [5, 5.41) is 26.3. The zero-order chi connectivity index (χ0) is 19.5. The van der Waals surface area contributed by atoms with Gasteiger partial charge in [0.05, 0.1) is 12.1 Å². The number of fused-ring (bicyclic) bond motifs is 2. The van der Waals surface area contributed by atoms with Crippen LogP contribution in [-0.4, -0.2) is 48.8 Å². The molecule has 0 aliphatic rings. The van der Waals surface area contributed by atoms with Gasteiger partial charge in [0.15, 0.2) is 11.5 Å². The van der Waals surface area contributed by atoms with E-state index in [0.29, 0.717) is 34.0 Å². The van der Waals surface area contributed by atoms with Crippen LogP contribution < -0.4 is 0 Å². The Bertz CT molecular complexity index is 1170. The number of hydrogen-bond donors (Lipinski definition) is 1. The van der Waals surface area contributed by atoms with Crippen molar-refractivity contribution in [2.45, 2.75) is 13.3 Å². The summed E-state index contributed by atoms with van der Waals surface area (Å²) in [6.07, 6.45) is 1.86. The zero-order valence-electron chi connectivity index (χ0n) is 15.1.